The van der Waals surface area contributed by atoms with Gasteiger partial charge in [0.2, 0.25) is 0 Å². The van der Waals surface area contributed by atoms with Crippen molar-refractivity contribution in [3.63, 3.8) is 0 Å². The van der Waals surface area contributed by atoms with E-state index in [0.717, 1.165) is 11.3 Å². The molecule has 7 heteroatoms. The molecule has 0 spiro atoms. The van der Waals surface area contributed by atoms with Crippen LogP contribution in [0.4, 0.5) is 0 Å². The Morgan fingerprint density at radius 1 is 1.19 bits per heavy atom. The van der Waals surface area contributed by atoms with Crippen LogP contribution >= 0.6 is 0 Å². The molecule has 0 radical (unpaired) electrons. The predicted molar refractivity (Wildman–Crippen MR) is 101 cm³/mol. The van der Waals surface area contributed by atoms with Gasteiger partial charge in [0, 0.05) is 43.9 Å². The van der Waals surface area contributed by atoms with E-state index >= 15 is 0 Å². The third-order valence-electron chi connectivity index (χ3n) is 4.79. The summed E-state index contributed by atoms with van der Waals surface area (Å²) in [5.74, 6) is 0.171. The summed E-state index contributed by atoms with van der Waals surface area (Å²) in [6, 6.07) is 5.51. The van der Waals surface area contributed by atoms with Gasteiger partial charge in [-0.25, -0.2) is 4.98 Å². The van der Waals surface area contributed by atoms with Crippen LogP contribution in [-0.4, -0.2) is 48.5 Å². The SMILES string of the molecule is COc1ccc(C2CC(=O)C(C=NCCc3cnc[nH]3)C(=O)C2)cc1OC. The largest absolute Gasteiger partial charge is 0.493 e. The molecule has 1 heterocycles. The molecule has 1 aliphatic rings. The molecule has 3 rings (SSSR count). The lowest BCUT2D eigenvalue weighted by atomic mass is 9.77. The topological polar surface area (TPSA) is 93.6 Å². The zero-order chi connectivity index (χ0) is 19.2. The van der Waals surface area contributed by atoms with Crippen LogP contribution in [0.25, 0.3) is 0 Å². The van der Waals surface area contributed by atoms with Gasteiger partial charge in [-0.3, -0.25) is 14.6 Å². The van der Waals surface area contributed by atoms with Gasteiger partial charge in [-0.2, -0.15) is 0 Å². The van der Waals surface area contributed by atoms with E-state index in [-0.39, 0.29) is 17.5 Å². The van der Waals surface area contributed by atoms with Crippen LogP contribution in [-0.2, 0) is 16.0 Å². The Kier molecular flexibility index (Phi) is 6.01. The quantitative estimate of drug-likeness (QED) is 0.597. The number of benzene rings is 1. The maximum atomic E-state index is 12.5. The summed E-state index contributed by atoms with van der Waals surface area (Å²) in [7, 11) is 3.13. The fourth-order valence-corrected chi connectivity index (χ4v) is 3.29. The number of Topliss-reactive ketones (excluding diaryl/α,β-unsaturated/α-hetero) is 2. The van der Waals surface area contributed by atoms with Gasteiger partial charge < -0.3 is 14.5 Å². The molecule has 0 saturated heterocycles. The molecular formula is C20H23N3O4. The minimum Gasteiger partial charge on any atom is -0.493 e. The second-order valence-electron chi connectivity index (χ2n) is 6.51. The van der Waals surface area contributed by atoms with E-state index in [9.17, 15) is 9.59 Å². The molecule has 1 aromatic carbocycles. The first kappa shape index (κ1) is 18.8. The maximum Gasteiger partial charge on any atom is 0.160 e. The fourth-order valence-electron chi connectivity index (χ4n) is 3.29. The molecule has 27 heavy (non-hydrogen) atoms. The van der Waals surface area contributed by atoms with Gasteiger partial charge in [-0.15, -0.1) is 0 Å². The number of rotatable bonds is 7. The van der Waals surface area contributed by atoms with Crippen LogP contribution in [0.3, 0.4) is 0 Å². The summed E-state index contributed by atoms with van der Waals surface area (Å²) < 4.78 is 10.6. The smallest absolute Gasteiger partial charge is 0.160 e. The van der Waals surface area contributed by atoms with Crippen LogP contribution < -0.4 is 9.47 Å². The summed E-state index contributed by atoms with van der Waals surface area (Å²) in [5.41, 5.74) is 1.88. The number of carbonyl (C=O) groups excluding carboxylic acids is 2. The van der Waals surface area contributed by atoms with Crippen molar-refractivity contribution in [2.45, 2.75) is 25.2 Å². The number of methoxy groups -OCH3 is 2. The van der Waals surface area contributed by atoms with Crippen LogP contribution in [0, 0.1) is 5.92 Å². The first-order valence-electron chi connectivity index (χ1n) is 8.87. The standard InChI is InChI=1S/C20H23N3O4/c1-26-19-4-3-13(9-20(19)27-2)14-7-17(24)16(18(25)8-14)11-21-6-5-15-10-22-12-23-15/h3-4,9-12,14,16H,5-8H2,1-2H3,(H,22,23). The number of nitrogens with one attached hydrogen (secondary N) is 1. The average molecular weight is 369 g/mol. The number of nitrogens with zero attached hydrogens (tertiary/aromatic N) is 2. The number of aromatic nitrogens is 2. The highest BCUT2D eigenvalue weighted by Gasteiger charge is 2.35. The number of hydrogen-bond acceptors (Lipinski definition) is 6. The third kappa shape index (κ3) is 4.42. The van der Waals surface area contributed by atoms with Gasteiger partial charge in [0.25, 0.3) is 0 Å². The van der Waals surface area contributed by atoms with Crippen molar-refractivity contribution in [3.05, 3.63) is 42.0 Å². The van der Waals surface area contributed by atoms with E-state index in [4.69, 9.17) is 9.47 Å². The molecule has 0 atom stereocenters. The zero-order valence-corrected chi connectivity index (χ0v) is 15.5. The molecular weight excluding hydrogens is 346 g/mol. The molecule has 0 aliphatic heterocycles. The molecule has 0 unspecified atom stereocenters. The van der Waals surface area contributed by atoms with E-state index in [1.807, 2.05) is 12.1 Å². The van der Waals surface area contributed by atoms with Crippen LogP contribution in [0.2, 0.25) is 0 Å². The Morgan fingerprint density at radius 2 is 1.93 bits per heavy atom. The molecule has 1 saturated carbocycles. The van der Waals surface area contributed by atoms with Crippen molar-refractivity contribution in [2.75, 3.05) is 20.8 Å². The van der Waals surface area contributed by atoms with Gasteiger partial charge in [0.1, 0.15) is 17.5 Å². The Balaban J connectivity index is 1.63. The lowest BCUT2D eigenvalue weighted by Crippen LogP contribution is -2.33. The Morgan fingerprint density at radius 3 is 2.56 bits per heavy atom. The highest BCUT2D eigenvalue weighted by Crippen LogP contribution is 2.36. The number of carbonyl (C=O) groups is 2. The van der Waals surface area contributed by atoms with E-state index in [2.05, 4.69) is 15.0 Å². The number of imidazole rings is 1. The zero-order valence-electron chi connectivity index (χ0n) is 15.5. The molecule has 0 amide bonds. The van der Waals surface area contributed by atoms with E-state index in [0.29, 0.717) is 37.3 Å². The molecule has 2 aromatic rings. The predicted octanol–water partition coefficient (Wildman–Crippen LogP) is 2.37. The fraction of sp³-hybridized carbons (Fsp3) is 0.400. The molecule has 1 aromatic heterocycles. The second-order valence-corrected chi connectivity index (χ2v) is 6.51. The molecule has 142 valence electrons. The van der Waals surface area contributed by atoms with Crippen molar-refractivity contribution < 1.29 is 19.1 Å². The van der Waals surface area contributed by atoms with Crippen molar-refractivity contribution in [1.29, 1.82) is 0 Å². The van der Waals surface area contributed by atoms with Crippen molar-refractivity contribution in [1.82, 2.24) is 9.97 Å². The summed E-state index contributed by atoms with van der Waals surface area (Å²) in [6.07, 6.45) is 6.18. The highest BCUT2D eigenvalue weighted by atomic mass is 16.5. The van der Waals surface area contributed by atoms with Crippen LogP contribution in [0.5, 0.6) is 11.5 Å². The minimum atomic E-state index is -0.733. The highest BCUT2D eigenvalue weighted by molar-refractivity contribution is 6.16. The van der Waals surface area contributed by atoms with Gasteiger partial charge >= 0.3 is 0 Å². The number of ketones is 2. The lowest BCUT2D eigenvalue weighted by molar-refractivity contribution is -0.133. The number of ether oxygens (including phenoxy) is 2. The van der Waals surface area contributed by atoms with Crippen molar-refractivity contribution >= 4 is 17.8 Å². The number of H-pyrrole nitrogens is 1. The molecule has 1 fully saturated rings. The number of hydrogen-bond donors (Lipinski definition) is 1. The Hall–Kier alpha value is -2.96. The first-order chi connectivity index (χ1) is 13.1. The van der Waals surface area contributed by atoms with Gasteiger partial charge in [0.15, 0.2) is 11.5 Å². The molecule has 1 aliphatic carbocycles. The van der Waals surface area contributed by atoms with Crippen LogP contribution in [0.15, 0.2) is 35.7 Å². The summed E-state index contributed by atoms with van der Waals surface area (Å²) >= 11 is 0. The minimum absolute atomic E-state index is 0.0867. The van der Waals surface area contributed by atoms with Gasteiger partial charge in [-0.1, -0.05) is 6.07 Å². The Labute approximate surface area is 157 Å². The van der Waals surface area contributed by atoms with Gasteiger partial charge in [-0.05, 0) is 23.6 Å². The lowest BCUT2D eigenvalue weighted by Gasteiger charge is -2.25. The Bertz CT molecular complexity index is 812. The second kappa shape index (κ2) is 8.62. The summed E-state index contributed by atoms with van der Waals surface area (Å²) in [6.45, 7) is 0.512. The molecule has 1 N–H and O–H groups in total. The first-order valence-corrected chi connectivity index (χ1v) is 8.87. The molecule has 0 bridgehead atoms. The summed E-state index contributed by atoms with van der Waals surface area (Å²) in [4.78, 5) is 36.2. The molecule has 7 nitrogen and oxygen atoms in total. The van der Waals surface area contributed by atoms with Crippen LogP contribution in [0.1, 0.15) is 30.0 Å². The number of aromatic amines is 1. The average Bonchev–Trinajstić information content (AvgIpc) is 3.19. The van der Waals surface area contributed by atoms with E-state index in [1.165, 1.54) is 6.21 Å². The third-order valence-corrected chi connectivity index (χ3v) is 4.79. The van der Waals surface area contributed by atoms with Crippen molar-refractivity contribution in [2.24, 2.45) is 10.9 Å². The normalized spacial score (nSPS) is 20.2. The maximum absolute atomic E-state index is 12.5. The number of aliphatic imine (C=N–C) groups is 1. The monoisotopic (exact) mass is 369 g/mol. The van der Waals surface area contributed by atoms with E-state index < -0.39 is 5.92 Å². The van der Waals surface area contributed by atoms with E-state index in [1.54, 1.807) is 32.8 Å². The summed E-state index contributed by atoms with van der Waals surface area (Å²) in [5, 5.41) is 0. The van der Waals surface area contributed by atoms with Crippen molar-refractivity contribution in [3.8, 4) is 11.5 Å². The van der Waals surface area contributed by atoms with Gasteiger partial charge in [0.05, 0.1) is 20.5 Å².